The highest BCUT2D eigenvalue weighted by molar-refractivity contribution is 6.06. The Morgan fingerprint density at radius 3 is 2.56 bits per heavy atom. The van der Waals surface area contributed by atoms with Crippen molar-refractivity contribution in [3.8, 4) is 11.8 Å². The fourth-order valence-corrected chi connectivity index (χ4v) is 2.68. The molecule has 25 heavy (non-hydrogen) atoms. The second kappa shape index (κ2) is 6.49. The minimum atomic E-state index is -0.505. The van der Waals surface area contributed by atoms with Crippen molar-refractivity contribution in [3.05, 3.63) is 70.0 Å². The van der Waals surface area contributed by atoms with Gasteiger partial charge in [-0.3, -0.25) is 9.59 Å². The topological polar surface area (TPSA) is 84.1 Å². The number of carbonyl (C=O) groups is 1. The van der Waals surface area contributed by atoms with E-state index in [0.717, 1.165) is 0 Å². The molecule has 1 heterocycles. The zero-order valence-electron chi connectivity index (χ0n) is 13.7. The number of nitriles is 1. The number of rotatable bonds is 3. The summed E-state index contributed by atoms with van der Waals surface area (Å²) in [6.45, 7) is 0. The average molecular weight is 333 g/mol. The Bertz CT molecular complexity index is 1060. The van der Waals surface area contributed by atoms with E-state index in [2.05, 4.69) is 5.32 Å². The third kappa shape index (κ3) is 2.95. The van der Waals surface area contributed by atoms with E-state index in [1.54, 1.807) is 54.1 Å². The van der Waals surface area contributed by atoms with Gasteiger partial charge in [0.2, 0.25) is 5.43 Å². The number of nitrogens with zero attached hydrogens (tertiary/aromatic N) is 2. The number of nitrogens with one attached hydrogen (secondary N) is 1. The van der Waals surface area contributed by atoms with Gasteiger partial charge in [0.1, 0.15) is 11.3 Å². The van der Waals surface area contributed by atoms with Crippen LogP contribution in [-0.4, -0.2) is 17.6 Å². The summed E-state index contributed by atoms with van der Waals surface area (Å²) in [4.78, 5) is 25.2. The summed E-state index contributed by atoms with van der Waals surface area (Å²) in [5.74, 6) is 0.0613. The van der Waals surface area contributed by atoms with Crippen LogP contribution < -0.4 is 15.5 Å². The van der Waals surface area contributed by atoms with Gasteiger partial charge in [-0.05, 0) is 36.4 Å². The van der Waals surface area contributed by atoms with E-state index in [4.69, 9.17) is 10.00 Å². The quantitative estimate of drug-likeness (QED) is 0.798. The van der Waals surface area contributed by atoms with Crippen LogP contribution in [0.1, 0.15) is 15.9 Å². The Kier molecular flexibility index (Phi) is 4.23. The fourth-order valence-electron chi connectivity index (χ4n) is 2.68. The molecule has 6 heteroatoms. The normalized spacial score (nSPS) is 10.3. The zero-order chi connectivity index (χ0) is 18.0. The van der Waals surface area contributed by atoms with Gasteiger partial charge < -0.3 is 14.6 Å². The maximum Gasteiger partial charge on any atom is 0.261 e. The molecule has 1 amide bonds. The molecule has 0 fully saturated rings. The Morgan fingerprint density at radius 2 is 1.92 bits per heavy atom. The average Bonchev–Trinajstić information content (AvgIpc) is 2.64. The Labute approximate surface area is 143 Å². The highest BCUT2D eigenvalue weighted by atomic mass is 16.5. The van der Waals surface area contributed by atoms with Crippen LogP contribution in [-0.2, 0) is 7.05 Å². The van der Waals surface area contributed by atoms with Gasteiger partial charge in [-0.15, -0.1) is 0 Å². The fraction of sp³-hybridized carbons (Fsp3) is 0.105. The number of hydrogen-bond acceptors (Lipinski definition) is 4. The SMILES string of the molecule is COc1cccc2c(=O)c(C(=O)Nc3ccc(C#N)cc3)cn(C)c12. The first-order valence-electron chi connectivity index (χ1n) is 7.53. The third-order valence-electron chi connectivity index (χ3n) is 3.90. The van der Waals surface area contributed by atoms with Crippen LogP contribution in [0.15, 0.2) is 53.5 Å². The summed E-state index contributed by atoms with van der Waals surface area (Å²) >= 11 is 0. The first kappa shape index (κ1) is 16.3. The Hall–Kier alpha value is -3.59. The van der Waals surface area contributed by atoms with E-state index < -0.39 is 5.91 Å². The van der Waals surface area contributed by atoms with Crippen LogP contribution in [0.3, 0.4) is 0 Å². The number of ether oxygens (including phenoxy) is 1. The van der Waals surface area contributed by atoms with E-state index in [1.807, 2.05) is 6.07 Å². The number of carbonyl (C=O) groups excluding carboxylic acids is 1. The summed E-state index contributed by atoms with van der Waals surface area (Å²) in [5.41, 5.74) is 1.30. The molecule has 0 aliphatic carbocycles. The predicted molar refractivity (Wildman–Crippen MR) is 94.9 cm³/mol. The number of hydrogen-bond donors (Lipinski definition) is 1. The first-order chi connectivity index (χ1) is 12.0. The van der Waals surface area contributed by atoms with E-state index >= 15 is 0 Å². The number of pyridine rings is 1. The lowest BCUT2D eigenvalue weighted by Crippen LogP contribution is -2.23. The summed E-state index contributed by atoms with van der Waals surface area (Å²) < 4.78 is 6.99. The number of methoxy groups -OCH3 is 1. The van der Waals surface area contributed by atoms with Crippen molar-refractivity contribution < 1.29 is 9.53 Å². The number of anilines is 1. The van der Waals surface area contributed by atoms with E-state index in [0.29, 0.717) is 27.9 Å². The van der Waals surface area contributed by atoms with Gasteiger partial charge in [-0.1, -0.05) is 6.07 Å². The smallest absolute Gasteiger partial charge is 0.261 e. The monoisotopic (exact) mass is 333 g/mol. The molecule has 0 saturated heterocycles. The van der Waals surface area contributed by atoms with Crippen LogP contribution in [0.5, 0.6) is 5.75 Å². The molecule has 2 aromatic carbocycles. The molecular formula is C19H15N3O3. The van der Waals surface area contributed by atoms with Crippen molar-refractivity contribution in [1.29, 1.82) is 5.26 Å². The lowest BCUT2D eigenvalue weighted by Gasteiger charge is -2.12. The van der Waals surface area contributed by atoms with Crippen molar-refractivity contribution >= 4 is 22.5 Å². The molecule has 1 N–H and O–H groups in total. The molecule has 0 saturated carbocycles. The molecule has 0 bridgehead atoms. The van der Waals surface area contributed by atoms with Crippen LogP contribution in [0, 0.1) is 11.3 Å². The molecule has 124 valence electrons. The van der Waals surface area contributed by atoms with Gasteiger partial charge in [-0.25, -0.2) is 0 Å². The van der Waals surface area contributed by atoms with Crippen LogP contribution in [0.4, 0.5) is 5.69 Å². The van der Waals surface area contributed by atoms with E-state index in [-0.39, 0.29) is 11.0 Å². The molecule has 1 aromatic heterocycles. The third-order valence-corrected chi connectivity index (χ3v) is 3.90. The Morgan fingerprint density at radius 1 is 1.20 bits per heavy atom. The highest BCUT2D eigenvalue weighted by Gasteiger charge is 2.16. The molecule has 0 aliphatic heterocycles. The molecule has 0 radical (unpaired) electrons. The molecule has 6 nitrogen and oxygen atoms in total. The summed E-state index contributed by atoms with van der Waals surface area (Å²) in [6, 6.07) is 13.6. The van der Waals surface area contributed by atoms with Crippen LogP contribution in [0.25, 0.3) is 10.9 Å². The lowest BCUT2D eigenvalue weighted by atomic mass is 10.1. The van der Waals surface area contributed by atoms with Crippen molar-refractivity contribution in [2.75, 3.05) is 12.4 Å². The van der Waals surface area contributed by atoms with Gasteiger partial charge in [-0.2, -0.15) is 5.26 Å². The van der Waals surface area contributed by atoms with Crippen LogP contribution >= 0.6 is 0 Å². The molecule has 3 aromatic rings. The van der Waals surface area contributed by atoms with E-state index in [1.165, 1.54) is 13.3 Å². The second-order valence-corrected chi connectivity index (χ2v) is 5.48. The zero-order valence-corrected chi connectivity index (χ0v) is 13.7. The number of fused-ring (bicyclic) bond motifs is 1. The number of aromatic nitrogens is 1. The standard InChI is InChI=1S/C19H15N3O3/c1-22-11-15(18(23)14-4-3-5-16(25-2)17(14)22)19(24)21-13-8-6-12(10-20)7-9-13/h3-9,11H,1-2H3,(H,21,24). The molecule has 0 atom stereocenters. The summed E-state index contributed by atoms with van der Waals surface area (Å²) in [6.07, 6.45) is 1.49. The molecular weight excluding hydrogens is 318 g/mol. The number of para-hydroxylation sites is 1. The molecule has 0 spiro atoms. The molecule has 0 unspecified atom stereocenters. The van der Waals surface area contributed by atoms with Gasteiger partial charge in [0, 0.05) is 18.9 Å². The highest BCUT2D eigenvalue weighted by Crippen LogP contribution is 2.23. The Balaban J connectivity index is 2.03. The van der Waals surface area contributed by atoms with Gasteiger partial charge in [0.05, 0.1) is 29.6 Å². The number of aryl methyl sites for hydroxylation is 1. The van der Waals surface area contributed by atoms with Gasteiger partial charge >= 0.3 is 0 Å². The van der Waals surface area contributed by atoms with Crippen molar-refractivity contribution in [2.45, 2.75) is 0 Å². The summed E-state index contributed by atoms with van der Waals surface area (Å²) in [5, 5.41) is 11.9. The van der Waals surface area contributed by atoms with Crippen molar-refractivity contribution in [3.63, 3.8) is 0 Å². The number of amides is 1. The van der Waals surface area contributed by atoms with Crippen LogP contribution in [0.2, 0.25) is 0 Å². The largest absolute Gasteiger partial charge is 0.495 e. The maximum absolute atomic E-state index is 12.7. The predicted octanol–water partition coefficient (Wildman–Crippen LogP) is 2.67. The first-order valence-corrected chi connectivity index (χ1v) is 7.53. The van der Waals surface area contributed by atoms with Crippen molar-refractivity contribution in [2.24, 2.45) is 7.05 Å². The minimum Gasteiger partial charge on any atom is -0.495 e. The minimum absolute atomic E-state index is 0.0348. The van der Waals surface area contributed by atoms with Gasteiger partial charge in [0.15, 0.2) is 0 Å². The second-order valence-electron chi connectivity index (χ2n) is 5.48. The lowest BCUT2D eigenvalue weighted by molar-refractivity contribution is 0.102. The van der Waals surface area contributed by atoms with E-state index in [9.17, 15) is 9.59 Å². The maximum atomic E-state index is 12.7. The molecule has 3 rings (SSSR count). The van der Waals surface area contributed by atoms with Crippen molar-refractivity contribution in [1.82, 2.24) is 4.57 Å². The summed E-state index contributed by atoms with van der Waals surface area (Å²) in [7, 11) is 3.29. The number of benzene rings is 2. The van der Waals surface area contributed by atoms with Gasteiger partial charge in [0.25, 0.3) is 5.91 Å². The molecule has 0 aliphatic rings.